The number of aromatic nitrogens is 1. The lowest BCUT2D eigenvalue weighted by Crippen LogP contribution is -2.57. The highest BCUT2D eigenvalue weighted by molar-refractivity contribution is 7.13. The molecule has 0 spiro atoms. The quantitative estimate of drug-likeness (QED) is 0.0333. The average Bonchev–Trinajstić information content (AvgIpc) is 2.13. The molecule has 4 heterocycles. The molecular weight excluding hydrogens is 1120 g/mol. The Balaban J connectivity index is 0.693. The molecule has 6 aromatic rings. The smallest absolute Gasteiger partial charge is 0.407 e. The number of rotatable bonds is 23. The Bertz CT molecular complexity index is 3480. The molecule has 3 aliphatic heterocycles. The number of unbranched alkanes of at least 4 members (excludes halogenated alkanes) is 2. The van der Waals surface area contributed by atoms with Crippen molar-refractivity contribution in [3.05, 3.63) is 165 Å². The Kier molecular flexibility index (Phi) is 19.4. The predicted molar refractivity (Wildman–Crippen MR) is 335 cm³/mol. The number of para-hydroxylation sites is 1. The van der Waals surface area contributed by atoms with Crippen molar-refractivity contribution in [1.82, 2.24) is 31.2 Å². The molecule has 18 heteroatoms. The van der Waals surface area contributed by atoms with Gasteiger partial charge in [-0.3, -0.25) is 33.7 Å². The van der Waals surface area contributed by atoms with Crippen LogP contribution in [0.2, 0.25) is 0 Å². The van der Waals surface area contributed by atoms with Gasteiger partial charge < -0.3 is 41.7 Å². The van der Waals surface area contributed by atoms with Crippen LogP contribution in [0.1, 0.15) is 142 Å². The molecule has 7 N–H and O–H groups in total. The largest absolute Gasteiger partial charge is 0.449 e. The maximum atomic E-state index is 14.6. The van der Waals surface area contributed by atoms with Crippen LogP contribution < -0.4 is 31.9 Å². The van der Waals surface area contributed by atoms with Crippen molar-refractivity contribution in [3.8, 4) is 21.6 Å². The molecule has 1 aliphatic carbocycles. The third-order valence-electron chi connectivity index (χ3n) is 17.6. The first-order valence-corrected chi connectivity index (χ1v) is 31.5. The fourth-order valence-electron chi connectivity index (χ4n) is 13.0. The highest BCUT2D eigenvalue weighted by atomic mass is 32.1. The van der Waals surface area contributed by atoms with Crippen LogP contribution in [-0.2, 0) is 59.2 Å². The highest BCUT2D eigenvalue weighted by Gasteiger charge is 2.46. The molecule has 1 aromatic heterocycles. The van der Waals surface area contributed by atoms with E-state index in [9.17, 15) is 38.7 Å². The molecule has 7 amide bonds. The summed E-state index contributed by atoms with van der Waals surface area (Å²) < 4.78 is 5.87. The zero-order valence-corrected chi connectivity index (χ0v) is 51.1. The summed E-state index contributed by atoms with van der Waals surface area (Å²) in [6, 6.07) is 33.8. The molecule has 1 saturated heterocycles. The summed E-state index contributed by atoms with van der Waals surface area (Å²) in [6.07, 6.45) is 4.27. The second-order valence-corrected chi connectivity index (χ2v) is 25.8. The lowest BCUT2D eigenvalue weighted by atomic mass is 9.85. The predicted octanol–water partition coefficient (Wildman–Crippen LogP) is 9.09. The number of benzene rings is 5. The number of hydrogen-bond acceptors (Lipinski definition) is 11. The number of hydrogen-bond donors (Lipinski definition) is 6. The van der Waals surface area contributed by atoms with Crippen LogP contribution in [0.4, 0.5) is 10.5 Å². The van der Waals surface area contributed by atoms with Gasteiger partial charge in [0.25, 0.3) is 0 Å². The Morgan fingerprint density at radius 2 is 1.46 bits per heavy atom. The number of β-amino-alcohol motifs (C(OH)–C–C–N with tert-alkyl or cyclic N) is 1. The van der Waals surface area contributed by atoms with E-state index in [1.807, 2.05) is 131 Å². The van der Waals surface area contributed by atoms with E-state index in [2.05, 4.69) is 50.5 Å². The number of nitrogens with two attached hydrogens (primary N) is 1. The molecule has 7 atom stereocenters. The van der Waals surface area contributed by atoms with Gasteiger partial charge in [-0.25, -0.2) is 9.78 Å². The number of aliphatic hydroxyl groups excluding tert-OH is 1. The monoisotopic (exact) mass is 1200 g/mol. The Labute approximate surface area is 513 Å². The van der Waals surface area contributed by atoms with Crippen molar-refractivity contribution in [2.24, 2.45) is 11.1 Å². The Hall–Kier alpha value is -8.22. The van der Waals surface area contributed by atoms with Crippen LogP contribution in [0, 0.1) is 12.3 Å². The number of aryl methyl sites for hydroxylation is 4. The van der Waals surface area contributed by atoms with Crippen molar-refractivity contribution in [1.29, 1.82) is 0 Å². The van der Waals surface area contributed by atoms with Gasteiger partial charge >= 0.3 is 6.09 Å². The molecule has 456 valence electrons. The molecular formula is C69H80N8O9S. The van der Waals surface area contributed by atoms with Gasteiger partial charge in [-0.2, -0.15) is 0 Å². The third-order valence-corrected chi connectivity index (χ3v) is 18.6. The standard InChI is InChI=1S/C69H80N8O9S/c1-41(45-26-28-47(29-27-45)62-42(2)71-40-87-62)72-64(81)57-37-50(78)38-76(57)67(84)63(69(3,4)5)75-60(80)24-8-6-7-15-43-16-13-17-44(35-43)25-31-49(32-34-59(70)79)73-65(82)58-36-48-19-14-18-46-30-33-56(66(83)77(58)61(46)48)74-68(85)86-39-55-53-22-11-9-20-51(53)52-21-10-12-23-54(52)55/h9-14,16-23,26-29,35,40-41,49-50,55-58,63,78H,6-8,15,24-25,30-34,36-39H2,1-5H3,(H2,70,79)(H,72,81)(H,73,82)(H,74,85)(H,75,80)/t41-,49+,50+,56-,57-,58-,63+/m0/s1. The SMILES string of the molecule is Cc1ncsc1-c1ccc([C@H](C)NC(=O)[C@@H]2C[C@@H](O)CN2C(=O)[C@@H](NC(=O)CCCCCc2cccc(CC[C@H](CCC(N)=O)NC(=O)[C@@H]3Cc4cccc5c4N3C(=O)[C@@H](NC(=O)OCC3c4ccccc4-c4ccccc43)CC5)c2)C(C)(C)C)cc1. The number of fused-ring (bicyclic) bond motifs is 3. The van der Waals surface area contributed by atoms with E-state index in [0.717, 1.165) is 85.5 Å². The fraction of sp³-hybridized carbons (Fsp3) is 0.420. The van der Waals surface area contributed by atoms with E-state index in [-0.39, 0.29) is 68.0 Å². The van der Waals surface area contributed by atoms with Crippen LogP contribution in [0.15, 0.2) is 121 Å². The van der Waals surface area contributed by atoms with Gasteiger partial charge in [0.1, 0.15) is 30.8 Å². The van der Waals surface area contributed by atoms with Crippen LogP contribution >= 0.6 is 11.3 Å². The molecule has 1 fully saturated rings. The number of primary amides is 1. The number of carbonyl (C=O) groups excluding carboxylic acids is 7. The number of anilines is 1. The first-order chi connectivity index (χ1) is 41.8. The molecule has 0 bridgehead atoms. The van der Waals surface area contributed by atoms with Crippen LogP contribution in [0.3, 0.4) is 0 Å². The van der Waals surface area contributed by atoms with E-state index in [4.69, 9.17) is 10.5 Å². The van der Waals surface area contributed by atoms with Gasteiger partial charge in [0.05, 0.1) is 33.9 Å². The van der Waals surface area contributed by atoms with Crippen LogP contribution in [0.25, 0.3) is 21.6 Å². The fourth-order valence-corrected chi connectivity index (χ4v) is 13.8. The minimum atomic E-state index is -0.935. The zero-order valence-electron chi connectivity index (χ0n) is 50.3. The molecule has 17 nitrogen and oxygen atoms in total. The first-order valence-electron chi connectivity index (χ1n) is 30.6. The third kappa shape index (κ3) is 14.5. The first kappa shape index (κ1) is 61.9. The second kappa shape index (κ2) is 27.2. The summed E-state index contributed by atoms with van der Waals surface area (Å²) in [6.45, 7) is 9.55. The number of aliphatic hydroxyl groups is 1. The van der Waals surface area contributed by atoms with Crippen molar-refractivity contribution < 1.29 is 43.4 Å². The summed E-state index contributed by atoms with van der Waals surface area (Å²) in [5, 5.41) is 22.9. The van der Waals surface area contributed by atoms with Crippen molar-refractivity contribution >= 4 is 58.6 Å². The molecule has 5 aromatic carbocycles. The molecule has 10 rings (SSSR count). The minimum Gasteiger partial charge on any atom is -0.449 e. The average molecular weight is 1200 g/mol. The summed E-state index contributed by atoms with van der Waals surface area (Å²) >= 11 is 1.57. The van der Waals surface area contributed by atoms with Crippen LogP contribution in [-0.4, -0.2) is 106 Å². The molecule has 0 unspecified atom stereocenters. The Morgan fingerprint density at radius 1 is 0.782 bits per heavy atom. The van der Waals surface area contributed by atoms with E-state index in [0.29, 0.717) is 50.6 Å². The number of ether oxygens (including phenoxy) is 1. The maximum Gasteiger partial charge on any atom is 0.407 e. The number of amides is 7. The Morgan fingerprint density at radius 3 is 2.15 bits per heavy atom. The molecule has 0 saturated carbocycles. The van der Waals surface area contributed by atoms with Gasteiger partial charge in [-0.1, -0.05) is 142 Å². The normalized spacial score (nSPS) is 18.8. The molecule has 4 aliphatic rings. The maximum absolute atomic E-state index is 14.6. The van der Waals surface area contributed by atoms with E-state index >= 15 is 0 Å². The summed E-state index contributed by atoms with van der Waals surface area (Å²) in [5.41, 5.74) is 18.7. The van der Waals surface area contributed by atoms with Gasteiger partial charge in [-0.15, -0.1) is 11.3 Å². The molecule has 87 heavy (non-hydrogen) atoms. The number of carbonyl (C=O) groups is 7. The lowest BCUT2D eigenvalue weighted by molar-refractivity contribution is -0.144. The van der Waals surface area contributed by atoms with Gasteiger partial charge in [0.15, 0.2) is 0 Å². The number of nitrogens with zero attached hydrogens (tertiary/aromatic N) is 3. The van der Waals surface area contributed by atoms with Crippen LogP contribution in [0.5, 0.6) is 0 Å². The number of alkyl carbamates (subject to hydrolysis) is 1. The van der Waals surface area contributed by atoms with E-state index in [1.165, 1.54) is 4.90 Å². The van der Waals surface area contributed by atoms with Gasteiger partial charge in [0.2, 0.25) is 35.4 Å². The number of likely N-dealkylation sites (tertiary alicyclic amines) is 1. The lowest BCUT2D eigenvalue weighted by Gasteiger charge is -2.35. The van der Waals surface area contributed by atoms with Gasteiger partial charge in [0, 0.05) is 44.2 Å². The minimum absolute atomic E-state index is 0.0145. The summed E-state index contributed by atoms with van der Waals surface area (Å²) in [5.74, 6) is -2.40. The highest BCUT2D eigenvalue weighted by Crippen LogP contribution is 2.45. The topological polar surface area (TPSA) is 242 Å². The van der Waals surface area contributed by atoms with Gasteiger partial charge in [-0.05, 0) is 126 Å². The van der Waals surface area contributed by atoms with E-state index in [1.54, 1.807) is 16.2 Å². The number of thiazole rings is 1. The summed E-state index contributed by atoms with van der Waals surface area (Å²) in [7, 11) is 0. The summed E-state index contributed by atoms with van der Waals surface area (Å²) in [4.78, 5) is 105. The zero-order chi connectivity index (χ0) is 61.5. The van der Waals surface area contributed by atoms with E-state index < -0.39 is 59.6 Å². The molecule has 0 radical (unpaired) electrons. The van der Waals surface area contributed by atoms with Crippen molar-refractivity contribution in [2.45, 2.75) is 166 Å². The van der Waals surface area contributed by atoms with Crippen molar-refractivity contribution in [3.63, 3.8) is 0 Å². The number of nitrogens with one attached hydrogen (secondary N) is 4. The second-order valence-electron chi connectivity index (χ2n) is 24.9. The van der Waals surface area contributed by atoms with Crippen molar-refractivity contribution in [2.75, 3.05) is 18.1 Å².